The molecule has 4 heteroatoms. The van der Waals surface area contributed by atoms with Crippen molar-refractivity contribution in [1.82, 2.24) is 9.78 Å². The molecule has 106 valence electrons. The van der Waals surface area contributed by atoms with E-state index in [2.05, 4.69) is 5.10 Å². The lowest BCUT2D eigenvalue weighted by atomic mass is 10.2. The van der Waals surface area contributed by atoms with E-state index in [4.69, 9.17) is 4.74 Å². The van der Waals surface area contributed by atoms with Crippen molar-refractivity contribution >= 4 is 0 Å². The second kappa shape index (κ2) is 6.24. The Hall–Kier alpha value is -2.59. The molecule has 0 unspecified atom stereocenters. The molecule has 0 spiro atoms. The second-order valence-electron chi connectivity index (χ2n) is 4.68. The Morgan fingerprint density at radius 3 is 2.57 bits per heavy atom. The lowest BCUT2D eigenvalue weighted by Gasteiger charge is -2.08. The number of aliphatic hydroxyl groups excluding tert-OH is 1. The molecule has 1 N–H and O–H groups in total. The Balaban J connectivity index is 1.71. The SMILES string of the molecule is OCc1ccccc1OCc1cnn(-c2ccccc2)c1. The van der Waals surface area contributed by atoms with Crippen LogP contribution >= 0.6 is 0 Å². The van der Waals surface area contributed by atoms with Crippen LogP contribution in [-0.2, 0) is 13.2 Å². The molecule has 4 nitrogen and oxygen atoms in total. The maximum Gasteiger partial charge on any atom is 0.125 e. The van der Waals surface area contributed by atoms with Gasteiger partial charge < -0.3 is 9.84 Å². The van der Waals surface area contributed by atoms with Crippen molar-refractivity contribution in [3.63, 3.8) is 0 Å². The third-order valence-electron chi connectivity index (χ3n) is 3.19. The van der Waals surface area contributed by atoms with Crippen LogP contribution in [0.2, 0.25) is 0 Å². The van der Waals surface area contributed by atoms with Gasteiger partial charge in [0.1, 0.15) is 12.4 Å². The molecule has 1 heterocycles. The van der Waals surface area contributed by atoms with E-state index >= 15 is 0 Å². The summed E-state index contributed by atoms with van der Waals surface area (Å²) in [6.07, 6.45) is 3.73. The first kappa shape index (κ1) is 13.4. The summed E-state index contributed by atoms with van der Waals surface area (Å²) in [6, 6.07) is 17.4. The largest absolute Gasteiger partial charge is 0.488 e. The maximum atomic E-state index is 9.27. The first-order valence-electron chi connectivity index (χ1n) is 6.77. The molecule has 0 aliphatic carbocycles. The summed E-state index contributed by atoms with van der Waals surface area (Å²) in [6.45, 7) is 0.392. The number of aliphatic hydroxyl groups is 1. The molecule has 1 aromatic heterocycles. The van der Waals surface area contributed by atoms with Crippen LogP contribution in [0.15, 0.2) is 67.0 Å². The Bertz CT molecular complexity index is 708. The van der Waals surface area contributed by atoms with Crippen LogP contribution in [-0.4, -0.2) is 14.9 Å². The summed E-state index contributed by atoms with van der Waals surface area (Å²) in [7, 11) is 0. The third kappa shape index (κ3) is 3.12. The standard InChI is InChI=1S/C17H16N2O2/c20-12-15-6-4-5-9-17(15)21-13-14-10-18-19(11-14)16-7-2-1-3-8-16/h1-11,20H,12-13H2. The molecule has 0 radical (unpaired) electrons. The van der Waals surface area contributed by atoms with Gasteiger partial charge in [0.25, 0.3) is 0 Å². The van der Waals surface area contributed by atoms with Gasteiger partial charge in [-0.1, -0.05) is 36.4 Å². The third-order valence-corrected chi connectivity index (χ3v) is 3.19. The molecule has 0 atom stereocenters. The maximum absolute atomic E-state index is 9.27. The van der Waals surface area contributed by atoms with Crippen molar-refractivity contribution in [2.24, 2.45) is 0 Å². The molecule has 3 aromatic rings. The quantitative estimate of drug-likeness (QED) is 0.781. The van der Waals surface area contributed by atoms with E-state index in [0.717, 1.165) is 16.8 Å². The van der Waals surface area contributed by atoms with E-state index in [1.165, 1.54) is 0 Å². The van der Waals surface area contributed by atoms with Crippen LogP contribution in [0.3, 0.4) is 0 Å². The Labute approximate surface area is 123 Å². The van der Waals surface area contributed by atoms with Gasteiger partial charge >= 0.3 is 0 Å². The second-order valence-corrected chi connectivity index (χ2v) is 4.68. The number of aromatic nitrogens is 2. The highest BCUT2D eigenvalue weighted by molar-refractivity contribution is 5.33. The van der Waals surface area contributed by atoms with Gasteiger partial charge in [-0.15, -0.1) is 0 Å². The average molecular weight is 280 g/mol. The molecular weight excluding hydrogens is 264 g/mol. The van der Waals surface area contributed by atoms with E-state index in [1.807, 2.05) is 65.5 Å². The Morgan fingerprint density at radius 2 is 1.76 bits per heavy atom. The van der Waals surface area contributed by atoms with Crippen LogP contribution < -0.4 is 4.74 Å². The van der Waals surface area contributed by atoms with Gasteiger partial charge in [-0.3, -0.25) is 0 Å². The molecule has 0 amide bonds. The highest BCUT2D eigenvalue weighted by Crippen LogP contribution is 2.19. The number of nitrogens with zero attached hydrogens (tertiary/aromatic N) is 2. The van der Waals surface area contributed by atoms with Crippen molar-refractivity contribution < 1.29 is 9.84 Å². The number of benzene rings is 2. The number of rotatable bonds is 5. The van der Waals surface area contributed by atoms with Gasteiger partial charge in [-0.2, -0.15) is 5.10 Å². The average Bonchev–Trinajstić information content (AvgIpc) is 3.03. The molecule has 0 aliphatic rings. The van der Waals surface area contributed by atoms with Crippen molar-refractivity contribution in [3.05, 3.63) is 78.1 Å². The fourth-order valence-electron chi connectivity index (χ4n) is 2.09. The summed E-state index contributed by atoms with van der Waals surface area (Å²) in [5, 5.41) is 13.6. The molecule has 0 aliphatic heterocycles. The van der Waals surface area contributed by atoms with Gasteiger partial charge in [0, 0.05) is 17.3 Å². The number of hydrogen-bond donors (Lipinski definition) is 1. The van der Waals surface area contributed by atoms with Crippen LogP contribution in [0, 0.1) is 0 Å². The molecule has 0 fully saturated rings. The minimum atomic E-state index is -0.0283. The van der Waals surface area contributed by atoms with Crippen LogP contribution in [0.5, 0.6) is 5.75 Å². The van der Waals surface area contributed by atoms with E-state index in [-0.39, 0.29) is 6.61 Å². The molecule has 0 saturated heterocycles. The van der Waals surface area contributed by atoms with Crippen LogP contribution in [0.1, 0.15) is 11.1 Å². The normalized spacial score (nSPS) is 10.5. The van der Waals surface area contributed by atoms with Crippen molar-refractivity contribution in [2.75, 3.05) is 0 Å². The van der Waals surface area contributed by atoms with E-state index in [9.17, 15) is 5.11 Å². The van der Waals surface area contributed by atoms with Gasteiger partial charge in [-0.05, 0) is 18.2 Å². The highest BCUT2D eigenvalue weighted by Gasteiger charge is 2.04. The molecule has 3 rings (SSSR count). The molecular formula is C17H16N2O2. The minimum absolute atomic E-state index is 0.0283. The predicted molar refractivity (Wildman–Crippen MR) is 80.3 cm³/mol. The highest BCUT2D eigenvalue weighted by atomic mass is 16.5. The summed E-state index contributed by atoms with van der Waals surface area (Å²) in [5.41, 5.74) is 2.78. The zero-order valence-electron chi connectivity index (χ0n) is 11.5. The first-order valence-corrected chi connectivity index (χ1v) is 6.77. The Kier molecular flexibility index (Phi) is 3.98. The van der Waals surface area contributed by atoms with E-state index in [0.29, 0.717) is 12.4 Å². The molecule has 21 heavy (non-hydrogen) atoms. The summed E-state index contributed by atoms with van der Waals surface area (Å²) < 4.78 is 7.57. The predicted octanol–water partition coefficient (Wildman–Crippen LogP) is 2.94. The lowest BCUT2D eigenvalue weighted by Crippen LogP contribution is -1.98. The van der Waals surface area contributed by atoms with Crippen molar-refractivity contribution in [3.8, 4) is 11.4 Å². The zero-order chi connectivity index (χ0) is 14.5. The lowest BCUT2D eigenvalue weighted by molar-refractivity contribution is 0.259. The number of hydrogen-bond acceptors (Lipinski definition) is 3. The zero-order valence-corrected chi connectivity index (χ0v) is 11.5. The molecule has 2 aromatic carbocycles. The summed E-state index contributed by atoms with van der Waals surface area (Å²) in [4.78, 5) is 0. The van der Waals surface area contributed by atoms with E-state index < -0.39 is 0 Å². The fraction of sp³-hybridized carbons (Fsp3) is 0.118. The number of ether oxygens (including phenoxy) is 1. The summed E-state index contributed by atoms with van der Waals surface area (Å²) in [5.74, 6) is 0.701. The van der Waals surface area contributed by atoms with Gasteiger partial charge in [0.15, 0.2) is 0 Å². The van der Waals surface area contributed by atoms with Crippen LogP contribution in [0.25, 0.3) is 5.69 Å². The van der Waals surface area contributed by atoms with Crippen LogP contribution in [0.4, 0.5) is 0 Å². The van der Waals surface area contributed by atoms with Gasteiger partial charge in [-0.25, -0.2) is 4.68 Å². The Morgan fingerprint density at radius 1 is 1.00 bits per heavy atom. The van der Waals surface area contributed by atoms with Crippen molar-refractivity contribution in [1.29, 1.82) is 0 Å². The van der Waals surface area contributed by atoms with Crippen molar-refractivity contribution in [2.45, 2.75) is 13.2 Å². The first-order chi connectivity index (χ1) is 10.4. The minimum Gasteiger partial charge on any atom is -0.488 e. The van der Waals surface area contributed by atoms with E-state index in [1.54, 1.807) is 6.20 Å². The monoisotopic (exact) mass is 280 g/mol. The molecule has 0 saturated carbocycles. The fourth-order valence-corrected chi connectivity index (χ4v) is 2.09. The topological polar surface area (TPSA) is 47.3 Å². The smallest absolute Gasteiger partial charge is 0.125 e. The van der Waals surface area contributed by atoms with Gasteiger partial charge in [0.05, 0.1) is 18.5 Å². The molecule has 0 bridgehead atoms. The van der Waals surface area contributed by atoms with Gasteiger partial charge in [0.2, 0.25) is 0 Å². The number of para-hydroxylation sites is 2. The summed E-state index contributed by atoms with van der Waals surface area (Å²) >= 11 is 0.